The van der Waals surface area contributed by atoms with Crippen LogP contribution in [0.1, 0.15) is 58.6 Å². The Labute approximate surface area is 221 Å². The molecule has 9 nitrogen and oxygen atoms in total. The molecular formula is C29H31N7O2. The summed E-state index contributed by atoms with van der Waals surface area (Å²) in [5, 5.41) is 10.8. The number of benzene rings is 1. The molecule has 0 radical (unpaired) electrons. The smallest absolute Gasteiger partial charge is 0.276 e. The number of rotatable bonds is 6. The molecule has 0 aliphatic carbocycles. The molecular weight excluding hydrogens is 478 g/mol. The fraction of sp³-hybridized carbons (Fsp3) is 0.345. The summed E-state index contributed by atoms with van der Waals surface area (Å²) in [6.07, 6.45) is 11.2. The number of fused-ring (bicyclic) bond motifs is 1. The highest BCUT2D eigenvalue weighted by Crippen LogP contribution is 2.27. The van der Waals surface area contributed by atoms with Crippen molar-refractivity contribution in [2.24, 2.45) is 0 Å². The number of H-pyrrole nitrogens is 1. The van der Waals surface area contributed by atoms with E-state index in [0.29, 0.717) is 17.1 Å². The van der Waals surface area contributed by atoms with E-state index in [1.54, 1.807) is 12.1 Å². The zero-order valence-corrected chi connectivity index (χ0v) is 21.3. The Morgan fingerprint density at radius 3 is 2.47 bits per heavy atom. The van der Waals surface area contributed by atoms with E-state index in [2.05, 4.69) is 36.4 Å². The first kappa shape index (κ1) is 24.2. The topological polar surface area (TPSA) is 107 Å². The maximum absolute atomic E-state index is 13.1. The molecule has 38 heavy (non-hydrogen) atoms. The predicted molar refractivity (Wildman–Crippen MR) is 146 cm³/mol. The zero-order chi connectivity index (χ0) is 25.9. The molecule has 5 heterocycles. The molecule has 0 spiro atoms. The second kappa shape index (κ2) is 10.7. The highest BCUT2D eigenvalue weighted by Gasteiger charge is 2.21. The van der Waals surface area contributed by atoms with Gasteiger partial charge in [-0.25, -0.2) is 4.98 Å². The average Bonchev–Trinajstić information content (AvgIpc) is 3.64. The van der Waals surface area contributed by atoms with Crippen molar-refractivity contribution >= 4 is 28.4 Å². The van der Waals surface area contributed by atoms with Crippen LogP contribution in [0.4, 0.5) is 5.69 Å². The monoisotopic (exact) mass is 509 g/mol. The molecule has 9 heteroatoms. The minimum absolute atomic E-state index is 0.0688. The number of piperidine rings is 1. The van der Waals surface area contributed by atoms with Gasteiger partial charge in [-0.3, -0.25) is 24.6 Å². The maximum atomic E-state index is 13.1. The molecule has 2 aliphatic heterocycles. The standard InChI is InChI=1S/C29H31N7O2/c37-28(32-23-7-9-26(31-18-23)29(38)36-12-4-5-13-36)27-24-15-21(6-8-25(24)33-34-27)22-14-20(16-30-17-22)19-35-10-2-1-3-11-35/h6-9,14-18H,1-5,10-13,19H2,(H,32,37)(H,33,34). The van der Waals surface area contributed by atoms with Gasteiger partial charge in [-0.1, -0.05) is 12.5 Å². The summed E-state index contributed by atoms with van der Waals surface area (Å²) >= 11 is 0. The van der Waals surface area contributed by atoms with E-state index in [-0.39, 0.29) is 11.8 Å². The van der Waals surface area contributed by atoms with E-state index in [4.69, 9.17) is 0 Å². The minimum Gasteiger partial charge on any atom is -0.337 e. The minimum atomic E-state index is -0.342. The number of likely N-dealkylation sites (tertiary alicyclic amines) is 2. The lowest BCUT2D eigenvalue weighted by atomic mass is 10.0. The fourth-order valence-electron chi connectivity index (χ4n) is 5.34. The summed E-state index contributed by atoms with van der Waals surface area (Å²) in [5.74, 6) is -0.411. The molecule has 194 valence electrons. The van der Waals surface area contributed by atoms with Gasteiger partial charge in [-0.2, -0.15) is 5.10 Å². The second-order valence-corrected chi connectivity index (χ2v) is 10.1. The molecule has 1 aromatic carbocycles. The predicted octanol–water partition coefficient (Wildman–Crippen LogP) is 4.49. The molecule has 2 aliphatic rings. The Morgan fingerprint density at radius 2 is 1.68 bits per heavy atom. The normalized spacial score (nSPS) is 16.2. The quantitative estimate of drug-likeness (QED) is 0.397. The van der Waals surface area contributed by atoms with Gasteiger partial charge in [0.25, 0.3) is 11.8 Å². The number of hydrogen-bond donors (Lipinski definition) is 2. The summed E-state index contributed by atoms with van der Waals surface area (Å²) in [6.45, 7) is 4.71. The maximum Gasteiger partial charge on any atom is 0.276 e. The first-order valence-corrected chi connectivity index (χ1v) is 13.4. The summed E-state index contributed by atoms with van der Waals surface area (Å²) in [7, 11) is 0. The summed E-state index contributed by atoms with van der Waals surface area (Å²) in [5.41, 5.74) is 5.15. The highest BCUT2D eigenvalue weighted by atomic mass is 16.2. The van der Waals surface area contributed by atoms with Crippen LogP contribution >= 0.6 is 0 Å². The third kappa shape index (κ3) is 5.15. The van der Waals surface area contributed by atoms with Crippen LogP contribution in [0.2, 0.25) is 0 Å². The van der Waals surface area contributed by atoms with Crippen molar-refractivity contribution < 1.29 is 9.59 Å². The molecule has 2 fully saturated rings. The number of hydrogen-bond acceptors (Lipinski definition) is 6. The van der Waals surface area contributed by atoms with Gasteiger partial charge >= 0.3 is 0 Å². The van der Waals surface area contributed by atoms with Crippen LogP contribution in [0.3, 0.4) is 0 Å². The Hall–Kier alpha value is -4.11. The van der Waals surface area contributed by atoms with E-state index in [0.717, 1.165) is 67.6 Å². The Balaban J connectivity index is 1.18. The molecule has 0 unspecified atom stereocenters. The number of nitrogens with one attached hydrogen (secondary N) is 2. The van der Waals surface area contributed by atoms with Gasteiger partial charge in [0.05, 0.1) is 17.4 Å². The van der Waals surface area contributed by atoms with Gasteiger partial charge in [-0.05, 0) is 80.2 Å². The zero-order valence-electron chi connectivity index (χ0n) is 21.3. The van der Waals surface area contributed by atoms with Crippen molar-refractivity contribution in [2.75, 3.05) is 31.5 Å². The van der Waals surface area contributed by atoms with Crippen LogP contribution in [0.15, 0.2) is 55.0 Å². The Kier molecular flexibility index (Phi) is 6.83. The number of aromatic amines is 1. The molecule has 2 saturated heterocycles. The third-order valence-electron chi connectivity index (χ3n) is 7.39. The van der Waals surface area contributed by atoms with Gasteiger partial charge in [0.15, 0.2) is 5.69 Å². The lowest BCUT2D eigenvalue weighted by molar-refractivity contribution is 0.0787. The van der Waals surface area contributed by atoms with Crippen LogP contribution in [0.5, 0.6) is 0 Å². The summed E-state index contributed by atoms with van der Waals surface area (Å²) in [6, 6.07) is 11.5. The second-order valence-electron chi connectivity index (χ2n) is 10.1. The number of nitrogens with zero attached hydrogens (tertiary/aromatic N) is 5. The van der Waals surface area contributed by atoms with Crippen molar-refractivity contribution in [3.8, 4) is 11.1 Å². The van der Waals surface area contributed by atoms with Crippen LogP contribution < -0.4 is 5.32 Å². The van der Waals surface area contributed by atoms with Gasteiger partial charge < -0.3 is 10.2 Å². The Bertz CT molecular complexity index is 1450. The first-order valence-electron chi connectivity index (χ1n) is 13.4. The number of aromatic nitrogens is 4. The highest BCUT2D eigenvalue weighted by molar-refractivity contribution is 6.11. The largest absolute Gasteiger partial charge is 0.337 e. The van der Waals surface area contributed by atoms with E-state index in [1.807, 2.05) is 35.5 Å². The van der Waals surface area contributed by atoms with Gasteiger partial charge in [0.1, 0.15) is 5.69 Å². The van der Waals surface area contributed by atoms with Crippen molar-refractivity contribution in [3.05, 3.63) is 71.9 Å². The van der Waals surface area contributed by atoms with E-state index in [1.165, 1.54) is 31.0 Å². The fourth-order valence-corrected chi connectivity index (χ4v) is 5.34. The molecule has 2 N–H and O–H groups in total. The van der Waals surface area contributed by atoms with Crippen molar-refractivity contribution in [1.29, 1.82) is 0 Å². The van der Waals surface area contributed by atoms with Crippen molar-refractivity contribution in [2.45, 2.75) is 38.6 Å². The summed E-state index contributed by atoms with van der Waals surface area (Å²) < 4.78 is 0. The number of carbonyl (C=O) groups excluding carboxylic acids is 2. The van der Waals surface area contributed by atoms with Crippen molar-refractivity contribution in [3.63, 3.8) is 0 Å². The van der Waals surface area contributed by atoms with Gasteiger partial charge in [-0.15, -0.1) is 0 Å². The summed E-state index contributed by atoms with van der Waals surface area (Å²) in [4.78, 5) is 38.7. The number of pyridine rings is 2. The molecule has 3 aromatic heterocycles. The molecule has 2 amide bonds. The number of carbonyl (C=O) groups is 2. The molecule has 0 bridgehead atoms. The molecule has 0 atom stereocenters. The lowest BCUT2D eigenvalue weighted by Crippen LogP contribution is -2.29. The number of amides is 2. The van der Waals surface area contributed by atoms with Gasteiger partial charge in [0, 0.05) is 43.0 Å². The van der Waals surface area contributed by atoms with E-state index < -0.39 is 0 Å². The molecule has 0 saturated carbocycles. The average molecular weight is 510 g/mol. The van der Waals surface area contributed by atoms with Gasteiger partial charge in [0.2, 0.25) is 0 Å². The molecule has 4 aromatic rings. The van der Waals surface area contributed by atoms with Crippen LogP contribution in [-0.4, -0.2) is 68.0 Å². The van der Waals surface area contributed by atoms with Crippen molar-refractivity contribution in [1.82, 2.24) is 30.0 Å². The SMILES string of the molecule is O=C(Nc1ccc(C(=O)N2CCCC2)nc1)c1n[nH]c2ccc(-c3cncc(CN4CCCCC4)c3)cc12. The number of anilines is 1. The first-order chi connectivity index (χ1) is 18.6. The Morgan fingerprint density at radius 1 is 0.868 bits per heavy atom. The third-order valence-corrected chi connectivity index (χ3v) is 7.39. The van der Waals surface area contributed by atoms with Crippen LogP contribution in [0, 0.1) is 0 Å². The lowest BCUT2D eigenvalue weighted by Gasteiger charge is -2.26. The van der Waals surface area contributed by atoms with E-state index >= 15 is 0 Å². The van der Waals surface area contributed by atoms with Crippen LogP contribution in [-0.2, 0) is 6.54 Å². The van der Waals surface area contributed by atoms with Crippen LogP contribution in [0.25, 0.3) is 22.0 Å². The molecule has 6 rings (SSSR count). The van der Waals surface area contributed by atoms with E-state index in [9.17, 15) is 9.59 Å².